The number of Topliss-reactive ketones (excluding diaryl/α,β-unsaturated/α-hetero) is 2. The van der Waals surface area contributed by atoms with Gasteiger partial charge in [-0.3, -0.25) is 14.4 Å². The Kier molecular flexibility index (Phi) is 5.83. The fourth-order valence-corrected chi connectivity index (χ4v) is 7.60. The molecule has 7 rings (SSSR count). The van der Waals surface area contributed by atoms with E-state index >= 15 is 0 Å². The van der Waals surface area contributed by atoms with Gasteiger partial charge in [0.1, 0.15) is 23.0 Å². The second-order valence-corrected chi connectivity index (χ2v) is 11.3. The largest absolute Gasteiger partial charge is 0.497 e. The highest BCUT2D eigenvalue weighted by atomic mass is 32.1. The molecule has 1 spiro atoms. The van der Waals surface area contributed by atoms with Gasteiger partial charge in [0.25, 0.3) is 0 Å². The van der Waals surface area contributed by atoms with Crippen molar-refractivity contribution >= 4 is 40.6 Å². The van der Waals surface area contributed by atoms with Crippen LogP contribution < -0.4 is 14.8 Å². The van der Waals surface area contributed by atoms with Crippen molar-refractivity contribution in [2.45, 2.75) is 17.5 Å². The molecule has 4 atom stereocenters. The summed E-state index contributed by atoms with van der Waals surface area (Å²) in [5.41, 5.74) is 2.09. The number of amides is 1. The Morgan fingerprint density at radius 2 is 1.73 bits per heavy atom. The first-order chi connectivity index (χ1) is 20.0. The van der Waals surface area contributed by atoms with Crippen molar-refractivity contribution in [3.63, 3.8) is 0 Å². The first-order valence-electron chi connectivity index (χ1n) is 13.3. The zero-order valence-electron chi connectivity index (χ0n) is 22.4. The minimum atomic E-state index is -1.39. The van der Waals surface area contributed by atoms with E-state index in [1.807, 2.05) is 77.2 Å². The SMILES string of the molecule is COc1ccc(C(=O)[C@@H]2[C@H](C(=O)c3cccs3)N3C=Cc4ccccc4[C@H]3[C@]23C(=O)Nc2ccccc23)c(OC)c1. The number of carbonyl (C=O) groups is 3. The normalized spacial score (nSPS) is 23.5. The van der Waals surface area contributed by atoms with Crippen LogP contribution >= 0.6 is 11.3 Å². The lowest BCUT2D eigenvalue weighted by molar-refractivity contribution is -0.122. The molecule has 1 saturated heterocycles. The molecule has 7 nitrogen and oxygen atoms in total. The van der Waals surface area contributed by atoms with E-state index in [4.69, 9.17) is 9.47 Å². The van der Waals surface area contributed by atoms with Gasteiger partial charge in [0, 0.05) is 18.0 Å². The molecule has 1 fully saturated rings. The number of ketones is 2. The van der Waals surface area contributed by atoms with E-state index in [1.165, 1.54) is 18.4 Å². The molecule has 0 radical (unpaired) electrons. The van der Waals surface area contributed by atoms with Crippen molar-refractivity contribution < 1.29 is 23.9 Å². The molecule has 4 heterocycles. The summed E-state index contributed by atoms with van der Waals surface area (Å²) in [6, 6.07) is 22.4. The Balaban J connectivity index is 1.54. The zero-order valence-corrected chi connectivity index (χ0v) is 23.2. The summed E-state index contributed by atoms with van der Waals surface area (Å²) < 4.78 is 11.0. The van der Waals surface area contributed by atoms with Gasteiger partial charge in [-0.05, 0) is 52.4 Å². The number of para-hydroxylation sites is 1. The van der Waals surface area contributed by atoms with Crippen LogP contribution in [0.4, 0.5) is 5.69 Å². The molecule has 0 unspecified atom stereocenters. The van der Waals surface area contributed by atoms with Crippen LogP contribution in [0.1, 0.15) is 42.8 Å². The average Bonchev–Trinajstić information content (AvgIpc) is 3.73. The predicted octanol–water partition coefficient (Wildman–Crippen LogP) is 5.75. The third-order valence-electron chi connectivity index (χ3n) is 8.56. The smallest absolute Gasteiger partial charge is 0.238 e. The highest BCUT2D eigenvalue weighted by Crippen LogP contribution is 2.62. The second kappa shape index (κ2) is 9.45. The van der Waals surface area contributed by atoms with Gasteiger partial charge >= 0.3 is 0 Å². The van der Waals surface area contributed by atoms with Crippen molar-refractivity contribution in [2.75, 3.05) is 19.5 Å². The number of anilines is 1. The van der Waals surface area contributed by atoms with Gasteiger partial charge < -0.3 is 19.7 Å². The van der Waals surface area contributed by atoms with E-state index in [1.54, 1.807) is 31.4 Å². The van der Waals surface area contributed by atoms with Crippen molar-refractivity contribution in [2.24, 2.45) is 5.92 Å². The van der Waals surface area contributed by atoms with E-state index in [2.05, 4.69) is 5.32 Å². The average molecular weight is 563 g/mol. The maximum Gasteiger partial charge on any atom is 0.238 e. The third kappa shape index (κ3) is 3.47. The maximum absolute atomic E-state index is 15.0. The van der Waals surface area contributed by atoms with Gasteiger partial charge in [-0.25, -0.2) is 0 Å². The molecule has 0 saturated carbocycles. The number of nitrogens with zero attached hydrogens (tertiary/aromatic N) is 1. The summed E-state index contributed by atoms with van der Waals surface area (Å²) in [6.07, 6.45) is 3.82. The van der Waals surface area contributed by atoms with Gasteiger partial charge in [0.2, 0.25) is 5.91 Å². The van der Waals surface area contributed by atoms with E-state index in [9.17, 15) is 14.4 Å². The van der Waals surface area contributed by atoms with Crippen LogP contribution in [-0.2, 0) is 10.2 Å². The van der Waals surface area contributed by atoms with Gasteiger partial charge in [0.05, 0.1) is 36.6 Å². The van der Waals surface area contributed by atoms with E-state index in [0.717, 1.165) is 11.1 Å². The van der Waals surface area contributed by atoms with Gasteiger partial charge in [0.15, 0.2) is 11.6 Å². The zero-order chi connectivity index (χ0) is 28.3. The fraction of sp³-hybridized carbons (Fsp3) is 0.182. The third-order valence-corrected chi connectivity index (χ3v) is 9.44. The second-order valence-electron chi connectivity index (χ2n) is 10.4. The number of ether oxygens (including phenoxy) is 2. The van der Waals surface area contributed by atoms with Crippen molar-refractivity contribution in [1.82, 2.24) is 4.90 Å². The molecule has 0 bridgehead atoms. The molecule has 204 valence electrons. The van der Waals surface area contributed by atoms with E-state index in [-0.39, 0.29) is 23.0 Å². The van der Waals surface area contributed by atoms with Crippen molar-refractivity contribution in [1.29, 1.82) is 0 Å². The summed E-state index contributed by atoms with van der Waals surface area (Å²) >= 11 is 1.33. The number of rotatable bonds is 6. The lowest BCUT2D eigenvalue weighted by atomic mass is 9.62. The van der Waals surface area contributed by atoms with Crippen molar-refractivity contribution in [3.8, 4) is 11.5 Å². The first kappa shape index (κ1) is 25.3. The van der Waals surface area contributed by atoms with Crippen LogP contribution in [0, 0.1) is 5.92 Å². The molecule has 3 aliphatic heterocycles. The Morgan fingerprint density at radius 3 is 2.51 bits per heavy atom. The van der Waals surface area contributed by atoms with Crippen LogP contribution in [0.15, 0.2) is 90.4 Å². The number of hydrogen-bond acceptors (Lipinski definition) is 7. The van der Waals surface area contributed by atoms with Gasteiger partial charge in [-0.2, -0.15) is 0 Å². The highest BCUT2D eigenvalue weighted by molar-refractivity contribution is 7.12. The lowest BCUT2D eigenvalue weighted by Crippen LogP contribution is -2.49. The summed E-state index contributed by atoms with van der Waals surface area (Å²) in [6.45, 7) is 0. The van der Waals surface area contributed by atoms with Crippen molar-refractivity contribution in [3.05, 3.63) is 118 Å². The molecular weight excluding hydrogens is 536 g/mol. The number of hydrogen-bond donors (Lipinski definition) is 1. The van der Waals surface area contributed by atoms with Gasteiger partial charge in [-0.15, -0.1) is 11.3 Å². The van der Waals surface area contributed by atoms with Gasteiger partial charge in [-0.1, -0.05) is 48.5 Å². The highest BCUT2D eigenvalue weighted by Gasteiger charge is 2.71. The number of nitrogens with one attached hydrogen (secondary N) is 1. The predicted molar refractivity (Wildman–Crippen MR) is 157 cm³/mol. The number of benzene rings is 3. The fourth-order valence-electron chi connectivity index (χ4n) is 6.90. The van der Waals surface area contributed by atoms with Crippen LogP contribution in [-0.4, -0.2) is 42.6 Å². The standard InChI is InChI=1S/C33H26N2O5S/c1-39-20-13-14-22(25(18-20)40-2)29(36)27-28(30(37)26-12-7-17-41-26)35-16-15-19-8-3-4-9-21(19)31(35)33(27)23-10-5-6-11-24(23)34-32(33)38/h3-18,27-28,31H,1-2H3,(H,34,38)/t27-,28+,31-,33+/m0/s1. The van der Waals surface area contributed by atoms with Crippen LogP contribution in [0.25, 0.3) is 6.08 Å². The van der Waals surface area contributed by atoms with Crippen LogP contribution in [0.2, 0.25) is 0 Å². The topological polar surface area (TPSA) is 84.9 Å². The lowest BCUT2D eigenvalue weighted by Gasteiger charge is -2.38. The number of fused-ring (bicyclic) bond motifs is 6. The minimum absolute atomic E-state index is 0.200. The Morgan fingerprint density at radius 1 is 0.927 bits per heavy atom. The first-order valence-corrected chi connectivity index (χ1v) is 14.2. The van der Waals surface area contributed by atoms with E-state index < -0.39 is 23.4 Å². The summed E-state index contributed by atoms with van der Waals surface area (Å²) in [7, 11) is 3.03. The summed E-state index contributed by atoms with van der Waals surface area (Å²) in [4.78, 5) is 46.4. The molecule has 4 aromatic rings. The van der Waals surface area contributed by atoms with Crippen LogP contribution in [0.5, 0.6) is 11.5 Å². The number of methoxy groups -OCH3 is 2. The monoisotopic (exact) mass is 562 g/mol. The maximum atomic E-state index is 15.0. The molecule has 8 heteroatoms. The molecule has 1 amide bonds. The molecule has 41 heavy (non-hydrogen) atoms. The Hall–Kier alpha value is -4.69. The molecule has 0 aliphatic carbocycles. The van der Waals surface area contributed by atoms with E-state index in [0.29, 0.717) is 27.6 Å². The molecular formula is C33H26N2O5S. The Bertz CT molecular complexity index is 1750. The summed E-state index contributed by atoms with van der Waals surface area (Å²) in [5.74, 6) is -1.06. The summed E-state index contributed by atoms with van der Waals surface area (Å²) in [5, 5.41) is 4.91. The molecule has 1 N–H and O–H groups in total. The molecule has 3 aliphatic rings. The Labute approximate surface area is 241 Å². The van der Waals surface area contributed by atoms with Crippen LogP contribution in [0.3, 0.4) is 0 Å². The minimum Gasteiger partial charge on any atom is -0.497 e. The number of carbonyl (C=O) groups excluding carboxylic acids is 3. The molecule has 1 aromatic heterocycles. The quantitative estimate of drug-likeness (QED) is 0.302. The number of thiophene rings is 1. The molecule has 3 aromatic carbocycles.